The predicted octanol–water partition coefficient (Wildman–Crippen LogP) is 7.10. The van der Waals surface area contributed by atoms with Crippen molar-refractivity contribution in [3.63, 3.8) is 0 Å². The highest BCUT2D eigenvalue weighted by Crippen LogP contribution is 2.38. The normalized spacial score (nSPS) is 16.0. The molecule has 1 nitrogen and oxygen atoms in total. The third-order valence-electron chi connectivity index (χ3n) is 4.39. The molecule has 0 heterocycles. The summed E-state index contributed by atoms with van der Waals surface area (Å²) in [5, 5.41) is 0.273. The fourth-order valence-corrected chi connectivity index (χ4v) is 3.72. The van der Waals surface area contributed by atoms with Crippen LogP contribution in [0.25, 0.3) is 0 Å². The maximum atomic E-state index is 6.57. The molecule has 0 unspecified atom stereocenters. The van der Waals surface area contributed by atoms with E-state index in [2.05, 4.69) is 93.5 Å². The largest absolute Gasteiger partial charge is 0.411 e. The molecule has 0 aromatic carbocycles. The number of allylic oxidation sites excluding steroid dienone is 2. The van der Waals surface area contributed by atoms with Crippen molar-refractivity contribution >= 4 is 30.9 Å². The molecule has 0 aromatic heterocycles. The van der Waals surface area contributed by atoms with E-state index in [0.29, 0.717) is 5.92 Å². The third-order valence-corrected chi connectivity index (χ3v) is 9.31. The Morgan fingerprint density at radius 3 is 2.24 bits per heavy atom. The average Bonchev–Trinajstić information content (AvgIpc) is 2.26. The van der Waals surface area contributed by atoms with Gasteiger partial charge in [0.15, 0.2) is 8.32 Å². The number of halogens is 1. The molecule has 3 heteroatoms. The molecule has 0 aliphatic carbocycles. The zero-order valence-electron chi connectivity index (χ0n) is 15.3. The third kappa shape index (κ3) is 9.19. The van der Waals surface area contributed by atoms with Gasteiger partial charge in [-0.05, 0) is 61.2 Å². The quantitative estimate of drug-likeness (QED) is 0.230. The SMILES string of the molecule is CC(C)=CCC[C@@H](C)C[C@@H](/C=C/I)O[Si](C)(C)C(C)(C)C. The van der Waals surface area contributed by atoms with E-state index >= 15 is 0 Å². The van der Waals surface area contributed by atoms with Crippen molar-refractivity contribution < 1.29 is 4.43 Å². The monoisotopic (exact) mass is 422 g/mol. The van der Waals surface area contributed by atoms with Crippen molar-refractivity contribution in [2.75, 3.05) is 0 Å². The van der Waals surface area contributed by atoms with Crippen molar-refractivity contribution in [2.24, 2.45) is 5.92 Å². The molecule has 0 radical (unpaired) electrons. The summed E-state index contributed by atoms with van der Waals surface area (Å²) in [5.74, 6) is 0.697. The highest BCUT2D eigenvalue weighted by molar-refractivity contribution is 14.1. The lowest BCUT2D eigenvalue weighted by molar-refractivity contribution is 0.192. The zero-order valence-corrected chi connectivity index (χ0v) is 18.5. The molecule has 21 heavy (non-hydrogen) atoms. The topological polar surface area (TPSA) is 9.23 Å². The molecule has 0 aromatic rings. The first kappa shape index (κ1) is 21.4. The van der Waals surface area contributed by atoms with Gasteiger partial charge in [0, 0.05) is 0 Å². The molecule has 0 rings (SSSR count). The van der Waals surface area contributed by atoms with E-state index in [1.165, 1.54) is 18.4 Å². The highest BCUT2D eigenvalue weighted by atomic mass is 127. The summed E-state index contributed by atoms with van der Waals surface area (Å²) >= 11 is 2.30. The van der Waals surface area contributed by atoms with Crippen LogP contribution in [0, 0.1) is 5.92 Å². The Bertz CT molecular complexity index is 349. The van der Waals surface area contributed by atoms with Gasteiger partial charge in [-0.25, -0.2) is 0 Å². The van der Waals surface area contributed by atoms with Crippen molar-refractivity contribution in [3.8, 4) is 0 Å². The number of rotatable bonds is 8. The lowest BCUT2D eigenvalue weighted by Crippen LogP contribution is -2.43. The summed E-state index contributed by atoms with van der Waals surface area (Å²) in [6, 6.07) is 0. The van der Waals surface area contributed by atoms with Crippen LogP contribution >= 0.6 is 22.6 Å². The lowest BCUT2D eigenvalue weighted by Gasteiger charge is -2.39. The van der Waals surface area contributed by atoms with Gasteiger partial charge in [-0.2, -0.15) is 0 Å². The van der Waals surface area contributed by atoms with Crippen LogP contribution in [0.1, 0.15) is 60.8 Å². The molecule has 0 spiro atoms. The minimum Gasteiger partial charge on any atom is -0.411 e. The van der Waals surface area contributed by atoms with E-state index in [-0.39, 0.29) is 11.1 Å². The van der Waals surface area contributed by atoms with Crippen molar-refractivity contribution in [1.29, 1.82) is 0 Å². The van der Waals surface area contributed by atoms with E-state index < -0.39 is 8.32 Å². The van der Waals surface area contributed by atoms with Gasteiger partial charge in [-0.15, -0.1) is 0 Å². The van der Waals surface area contributed by atoms with Gasteiger partial charge in [0.2, 0.25) is 0 Å². The summed E-state index contributed by atoms with van der Waals surface area (Å²) in [6.07, 6.45) is 8.40. The maximum absolute atomic E-state index is 6.57. The zero-order chi connectivity index (χ0) is 16.7. The van der Waals surface area contributed by atoms with Crippen LogP contribution in [-0.2, 0) is 4.43 Å². The molecule has 0 saturated carbocycles. The van der Waals surface area contributed by atoms with Crippen LogP contribution in [0.3, 0.4) is 0 Å². The first-order valence-corrected chi connectivity index (χ1v) is 12.2. The van der Waals surface area contributed by atoms with Crippen molar-refractivity contribution in [1.82, 2.24) is 0 Å². The van der Waals surface area contributed by atoms with Gasteiger partial charge < -0.3 is 4.43 Å². The fourth-order valence-electron chi connectivity index (χ4n) is 1.97. The van der Waals surface area contributed by atoms with E-state index in [1.54, 1.807) is 0 Å². The maximum Gasteiger partial charge on any atom is 0.192 e. The Kier molecular flexibility index (Phi) is 9.68. The van der Waals surface area contributed by atoms with Crippen molar-refractivity contribution in [3.05, 3.63) is 21.8 Å². The molecular formula is C18H35IOSi. The molecular weight excluding hydrogens is 387 g/mol. The Labute approximate surface area is 147 Å². The molecule has 124 valence electrons. The Morgan fingerprint density at radius 2 is 1.81 bits per heavy atom. The van der Waals surface area contributed by atoms with Gasteiger partial charge >= 0.3 is 0 Å². The van der Waals surface area contributed by atoms with E-state index in [1.807, 2.05) is 0 Å². The standard InChI is InChI=1S/C18H35IOSi/c1-15(2)10-9-11-16(3)14-17(12-13-19)20-21(7,8)18(4,5)6/h10,12-13,16-17H,9,11,14H2,1-8H3/b13-12+/t16-,17-/m1/s1. The van der Waals surface area contributed by atoms with Crippen LogP contribution in [0.4, 0.5) is 0 Å². The molecule has 0 bridgehead atoms. The lowest BCUT2D eigenvalue weighted by atomic mass is 9.98. The van der Waals surface area contributed by atoms with Gasteiger partial charge in [0.1, 0.15) is 0 Å². The first-order chi connectivity index (χ1) is 9.49. The van der Waals surface area contributed by atoms with E-state index in [0.717, 1.165) is 6.42 Å². The molecule has 0 N–H and O–H groups in total. The number of hydrogen-bond acceptors (Lipinski definition) is 1. The van der Waals surface area contributed by atoms with E-state index in [9.17, 15) is 0 Å². The minimum atomic E-state index is -1.69. The first-order valence-electron chi connectivity index (χ1n) is 8.07. The van der Waals surface area contributed by atoms with Crippen LogP contribution in [0.15, 0.2) is 21.8 Å². The van der Waals surface area contributed by atoms with Crippen LogP contribution < -0.4 is 0 Å². The highest BCUT2D eigenvalue weighted by Gasteiger charge is 2.38. The second-order valence-electron chi connectivity index (χ2n) is 7.93. The summed E-state index contributed by atoms with van der Waals surface area (Å²) in [4.78, 5) is 0. The summed E-state index contributed by atoms with van der Waals surface area (Å²) in [7, 11) is -1.69. The van der Waals surface area contributed by atoms with Crippen LogP contribution in [0.5, 0.6) is 0 Å². The predicted molar refractivity (Wildman–Crippen MR) is 108 cm³/mol. The Morgan fingerprint density at radius 1 is 1.24 bits per heavy atom. The molecule has 0 aliphatic rings. The molecule has 0 fully saturated rings. The summed E-state index contributed by atoms with van der Waals surface area (Å²) < 4.78 is 8.68. The second kappa shape index (κ2) is 9.51. The number of hydrogen-bond donors (Lipinski definition) is 0. The summed E-state index contributed by atoms with van der Waals surface area (Å²) in [5.41, 5.74) is 1.42. The van der Waals surface area contributed by atoms with Crippen LogP contribution in [0.2, 0.25) is 18.1 Å². The van der Waals surface area contributed by atoms with Gasteiger partial charge in [0.25, 0.3) is 0 Å². The molecule has 0 saturated heterocycles. The average molecular weight is 422 g/mol. The van der Waals surface area contributed by atoms with Gasteiger partial charge in [-0.1, -0.05) is 68.0 Å². The summed E-state index contributed by atoms with van der Waals surface area (Å²) in [6.45, 7) is 18.3. The smallest absolute Gasteiger partial charge is 0.192 e. The van der Waals surface area contributed by atoms with Gasteiger partial charge in [-0.3, -0.25) is 0 Å². The fraction of sp³-hybridized carbons (Fsp3) is 0.778. The molecule has 0 amide bonds. The Balaban J connectivity index is 4.60. The van der Waals surface area contributed by atoms with E-state index in [4.69, 9.17) is 4.43 Å². The minimum absolute atomic E-state index is 0.268. The van der Waals surface area contributed by atoms with Gasteiger partial charge in [0.05, 0.1) is 6.10 Å². The molecule has 0 aliphatic heterocycles. The Hall–Kier alpha value is 0.387. The molecule has 2 atom stereocenters. The van der Waals surface area contributed by atoms with Crippen molar-refractivity contribution in [2.45, 2.75) is 85.0 Å². The second-order valence-corrected chi connectivity index (χ2v) is 13.4. The van der Waals surface area contributed by atoms with Crippen LogP contribution in [-0.4, -0.2) is 14.4 Å².